The van der Waals surface area contributed by atoms with Gasteiger partial charge >= 0.3 is 0 Å². The summed E-state index contributed by atoms with van der Waals surface area (Å²) in [6, 6.07) is 8.99. The van der Waals surface area contributed by atoms with E-state index in [-0.39, 0.29) is 11.6 Å². The number of oxazole rings is 1. The van der Waals surface area contributed by atoms with E-state index in [4.69, 9.17) is 13.7 Å². The average Bonchev–Trinajstić information content (AvgIpc) is 3.31. The van der Waals surface area contributed by atoms with Gasteiger partial charge in [-0.3, -0.25) is 4.79 Å². The second-order valence-electron chi connectivity index (χ2n) is 5.67. The second kappa shape index (κ2) is 6.48. The van der Waals surface area contributed by atoms with Gasteiger partial charge in [0.1, 0.15) is 12.3 Å². The Hall–Kier alpha value is -3.00. The molecule has 1 atom stereocenters. The number of carbonyl (C=O) groups is 1. The van der Waals surface area contributed by atoms with Crippen LogP contribution in [-0.4, -0.2) is 45.7 Å². The molecule has 128 valence electrons. The first-order valence-electron chi connectivity index (χ1n) is 7.92. The van der Waals surface area contributed by atoms with Gasteiger partial charge in [-0.05, 0) is 19.1 Å². The number of hydrogen-bond acceptors (Lipinski definition) is 7. The smallest absolute Gasteiger partial charge is 0.276 e. The summed E-state index contributed by atoms with van der Waals surface area (Å²) in [7, 11) is 0. The maximum atomic E-state index is 12.9. The summed E-state index contributed by atoms with van der Waals surface area (Å²) in [5.74, 6) is 1.02. The van der Waals surface area contributed by atoms with Gasteiger partial charge in [0.2, 0.25) is 5.89 Å². The number of morpholine rings is 1. The minimum Gasteiger partial charge on any atom is -0.444 e. The van der Waals surface area contributed by atoms with Crippen molar-refractivity contribution in [2.24, 2.45) is 0 Å². The molecule has 0 aliphatic carbocycles. The topological polar surface area (TPSA) is 94.5 Å². The van der Waals surface area contributed by atoms with Crippen LogP contribution in [0, 0.1) is 6.92 Å². The van der Waals surface area contributed by atoms with Gasteiger partial charge in [0.25, 0.3) is 11.8 Å². The molecule has 3 aromatic rings. The predicted molar refractivity (Wildman–Crippen MR) is 85.6 cm³/mol. The van der Waals surface area contributed by atoms with Crippen LogP contribution in [0.15, 0.2) is 45.5 Å². The zero-order valence-electron chi connectivity index (χ0n) is 13.6. The van der Waals surface area contributed by atoms with Gasteiger partial charge in [-0.15, -0.1) is 0 Å². The minimum atomic E-state index is -0.431. The Morgan fingerprint density at radius 2 is 2.08 bits per heavy atom. The van der Waals surface area contributed by atoms with Gasteiger partial charge in [-0.2, -0.15) is 4.98 Å². The lowest BCUT2D eigenvalue weighted by Gasteiger charge is -2.32. The molecule has 1 aromatic carbocycles. The van der Waals surface area contributed by atoms with Crippen LogP contribution in [-0.2, 0) is 4.74 Å². The molecule has 25 heavy (non-hydrogen) atoms. The molecule has 8 heteroatoms. The molecule has 1 aliphatic heterocycles. The zero-order chi connectivity index (χ0) is 17.2. The molecule has 1 aliphatic rings. The predicted octanol–water partition coefficient (Wildman–Crippen LogP) is 2.25. The van der Waals surface area contributed by atoms with Gasteiger partial charge < -0.3 is 18.6 Å². The summed E-state index contributed by atoms with van der Waals surface area (Å²) in [5.41, 5.74) is 1.05. The maximum absolute atomic E-state index is 12.9. The van der Waals surface area contributed by atoms with Crippen molar-refractivity contribution in [2.75, 3.05) is 19.8 Å². The van der Waals surface area contributed by atoms with Gasteiger partial charge in [-0.25, -0.2) is 4.98 Å². The molecule has 2 aromatic heterocycles. The lowest BCUT2D eigenvalue weighted by Crippen LogP contribution is -2.43. The number of hydrogen-bond donors (Lipinski definition) is 0. The van der Waals surface area contributed by atoms with E-state index in [0.717, 1.165) is 5.56 Å². The van der Waals surface area contributed by atoms with Crippen LogP contribution in [0.25, 0.3) is 11.5 Å². The van der Waals surface area contributed by atoms with Crippen molar-refractivity contribution in [3.8, 4) is 11.5 Å². The molecule has 8 nitrogen and oxygen atoms in total. The Morgan fingerprint density at radius 3 is 2.84 bits per heavy atom. The summed E-state index contributed by atoms with van der Waals surface area (Å²) < 4.78 is 16.2. The summed E-state index contributed by atoms with van der Waals surface area (Å²) in [6.07, 6.45) is 1.37. The Balaban J connectivity index is 1.60. The fraction of sp³-hybridized carbons (Fsp3) is 0.294. The Kier molecular flexibility index (Phi) is 4.02. The number of aromatic nitrogens is 3. The molecular formula is C17H16N4O4. The van der Waals surface area contributed by atoms with E-state index < -0.39 is 6.04 Å². The van der Waals surface area contributed by atoms with Crippen LogP contribution < -0.4 is 0 Å². The van der Waals surface area contributed by atoms with Crippen molar-refractivity contribution in [1.29, 1.82) is 0 Å². The van der Waals surface area contributed by atoms with Gasteiger partial charge in [0, 0.05) is 12.1 Å². The van der Waals surface area contributed by atoms with Gasteiger partial charge in [0.05, 0.1) is 13.2 Å². The molecule has 0 spiro atoms. The van der Waals surface area contributed by atoms with E-state index in [2.05, 4.69) is 15.1 Å². The first-order chi connectivity index (χ1) is 12.2. The largest absolute Gasteiger partial charge is 0.444 e. The summed E-state index contributed by atoms with van der Waals surface area (Å²) >= 11 is 0. The van der Waals surface area contributed by atoms with Crippen LogP contribution in [0.5, 0.6) is 0 Å². The van der Waals surface area contributed by atoms with Crippen LogP contribution in [0.3, 0.4) is 0 Å². The number of rotatable bonds is 3. The first kappa shape index (κ1) is 15.5. The number of amides is 1. The van der Waals surface area contributed by atoms with E-state index in [0.29, 0.717) is 37.4 Å². The standard InChI is InChI=1S/C17H16N4O4/c1-11-18-16(25-20-11)14-10-23-8-7-21(14)17(22)13-9-24-15(19-13)12-5-3-2-4-6-12/h2-6,9,14H,7-8,10H2,1H3. The highest BCUT2D eigenvalue weighted by Gasteiger charge is 2.34. The Bertz CT molecular complexity index is 874. The molecule has 1 saturated heterocycles. The van der Waals surface area contributed by atoms with Gasteiger partial charge in [-0.1, -0.05) is 23.4 Å². The normalized spacial score (nSPS) is 17.6. The molecule has 1 amide bonds. The molecule has 0 radical (unpaired) electrons. The van der Waals surface area contributed by atoms with Crippen LogP contribution in [0.2, 0.25) is 0 Å². The average molecular weight is 340 g/mol. The maximum Gasteiger partial charge on any atom is 0.276 e. The van der Waals surface area contributed by atoms with Crippen molar-refractivity contribution >= 4 is 5.91 Å². The third-order valence-electron chi connectivity index (χ3n) is 3.96. The highest BCUT2D eigenvalue weighted by atomic mass is 16.5. The molecular weight excluding hydrogens is 324 g/mol. The monoisotopic (exact) mass is 340 g/mol. The van der Waals surface area contributed by atoms with Gasteiger partial charge in [0.15, 0.2) is 11.5 Å². The number of ether oxygens (including phenoxy) is 1. The van der Waals surface area contributed by atoms with Crippen LogP contribution >= 0.6 is 0 Å². The van der Waals surface area contributed by atoms with E-state index >= 15 is 0 Å². The number of carbonyl (C=O) groups excluding carboxylic acids is 1. The lowest BCUT2D eigenvalue weighted by molar-refractivity contribution is -0.0122. The summed E-state index contributed by atoms with van der Waals surface area (Å²) in [6.45, 7) is 2.89. The second-order valence-corrected chi connectivity index (χ2v) is 5.67. The quantitative estimate of drug-likeness (QED) is 0.721. The van der Waals surface area contributed by atoms with E-state index in [1.54, 1.807) is 11.8 Å². The first-order valence-corrected chi connectivity index (χ1v) is 7.92. The van der Waals surface area contributed by atoms with Crippen molar-refractivity contribution in [3.05, 3.63) is 54.0 Å². The Labute approximate surface area is 143 Å². The molecule has 0 N–H and O–H groups in total. The van der Waals surface area contributed by atoms with Crippen LogP contribution in [0.1, 0.15) is 28.2 Å². The third-order valence-corrected chi connectivity index (χ3v) is 3.96. The van der Waals surface area contributed by atoms with Crippen molar-refractivity contribution in [3.63, 3.8) is 0 Å². The molecule has 1 unspecified atom stereocenters. The zero-order valence-corrected chi connectivity index (χ0v) is 13.6. The molecule has 3 heterocycles. The molecule has 0 saturated carbocycles. The van der Waals surface area contributed by atoms with Crippen molar-refractivity contribution < 1.29 is 18.5 Å². The van der Waals surface area contributed by atoms with E-state index in [1.807, 2.05) is 30.3 Å². The minimum absolute atomic E-state index is 0.238. The fourth-order valence-corrected chi connectivity index (χ4v) is 2.73. The highest BCUT2D eigenvalue weighted by Crippen LogP contribution is 2.26. The summed E-state index contributed by atoms with van der Waals surface area (Å²) in [5, 5.41) is 3.79. The Morgan fingerprint density at radius 1 is 1.24 bits per heavy atom. The SMILES string of the molecule is Cc1noc(C2COCCN2C(=O)c2coc(-c3ccccc3)n2)n1. The third kappa shape index (κ3) is 3.03. The van der Waals surface area contributed by atoms with Crippen molar-refractivity contribution in [1.82, 2.24) is 20.0 Å². The number of nitrogens with zero attached hydrogens (tertiary/aromatic N) is 4. The molecule has 1 fully saturated rings. The van der Waals surface area contributed by atoms with Crippen LogP contribution in [0.4, 0.5) is 0 Å². The lowest BCUT2D eigenvalue weighted by atomic mass is 10.2. The summed E-state index contributed by atoms with van der Waals surface area (Å²) in [4.78, 5) is 23.1. The van der Waals surface area contributed by atoms with E-state index in [9.17, 15) is 4.79 Å². The number of benzene rings is 1. The van der Waals surface area contributed by atoms with Crippen molar-refractivity contribution in [2.45, 2.75) is 13.0 Å². The number of aryl methyl sites for hydroxylation is 1. The molecule has 0 bridgehead atoms. The highest BCUT2D eigenvalue weighted by molar-refractivity contribution is 5.92. The molecule has 4 rings (SSSR count). The fourth-order valence-electron chi connectivity index (χ4n) is 2.73. The van der Waals surface area contributed by atoms with E-state index in [1.165, 1.54) is 6.26 Å².